The molecular weight excluding hydrogens is 423 g/mol. The number of fused-ring (bicyclic) bond motifs is 3. The van der Waals surface area contributed by atoms with E-state index in [-0.39, 0.29) is 35.1 Å². The van der Waals surface area contributed by atoms with Crippen LogP contribution in [-0.2, 0) is 0 Å². The van der Waals surface area contributed by atoms with Crippen LogP contribution in [0.4, 0.5) is 10.2 Å². The van der Waals surface area contributed by atoms with Gasteiger partial charge in [0.1, 0.15) is 23.1 Å². The summed E-state index contributed by atoms with van der Waals surface area (Å²) in [5.41, 5.74) is 1.29. The van der Waals surface area contributed by atoms with Crippen molar-refractivity contribution in [3.05, 3.63) is 84.1 Å². The molecule has 0 saturated heterocycles. The first-order chi connectivity index (χ1) is 16.1. The third-order valence-electron chi connectivity index (χ3n) is 4.99. The van der Waals surface area contributed by atoms with Gasteiger partial charge in [-0.3, -0.25) is 20.6 Å². The molecule has 0 spiro atoms. The van der Waals surface area contributed by atoms with E-state index in [4.69, 9.17) is 15.6 Å². The summed E-state index contributed by atoms with van der Waals surface area (Å²) in [6, 6.07) is 10.9. The minimum atomic E-state index is -0.522. The van der Waals surface area contributed by atoms with Crippen LogP contribution in [-0.4, -0.2) is 46.1 Å². The van der Waals surface area contributed by atoms with Gasteiger partial charge in [-0.1, -0.05) is 18.2 Å². The van der Waals surface area contributed by atoms with Gasteiger partial charge < -0.3 is 15.0 Å². The molecule has 8 nitrogen and oxygen atoms in total. The van der Waals surface area contributed by atoms with Crippen LogP contribution >= 0.6 is 0 Å². The maximum atomic E-state index is 14.9. The Morgan fingerprint density at radius 2 is 1.94 bits per heavy atom. The molecule has 3 heterocycles. The first kappa shape index (κ1) is 21.8. The molecule has 9 heteroatoms. The molecule has 0 aliphatic carbocycles. The van der Waals surface area contributed by atoms with E-state index in [1.807, 2.05) is 12.2 Å². The molecule has 1 amide bonds. The second kappa shape index (κ2) is 9.82. The summed E-state index contributed by atoms with van der Waals surface area (Å²) in [7, 11) is 0. The van der Waals surface area contributed by atoms with Gasteiger partial charge in [0.15, 0.2) is 5.84 Å². The first-order valence-corrected chi connectivity index (χ1v) is 10.2. The monoisotopic (exact) mass is 444 g/mol. The van der Waals surface area contributed by atoms with Gasteiger partial charge in [0.25, 0.3) is 5.91 Å². The van der Waals surface area contributed by atoms with Crippen LogP contribution in [0, 0.1) is 16.6 Å². The Balaban J connectivity index is 1.76. The third-order valence-corrected chi connectivity index (χ3v) is 4.99. The van der Waals surface area contributed by atoms with Gasteiger partial charge in [0.05, 0.1) is 18.5 Å². The Morgan fingerprint density at radius 3 is 2.73 bits per heavy atom. The molecule has 1 aliphatic heterocycles. The zero-order valence-corrected chi connectivity index (χ0v) is 17.6. The minimum absolute atomic E-state index is 0.0271. The van der Waals surface area contributed by atoms with Crippen LogP contribution in [0.2, 0.25) is 0 Å². The molecule has 0 atom stereocenters. The van der Waals surface area contributed by atoms with Gasteiger partial charge in [-0.15, -0.1) is 0 Å². The van der Waals surface area contributed by atoms with E-state index >= 15 is 0 Å². The lowest BCUT2D eigenvalue weighted by Gasteiger charge is -2.17. The number of amidine groups is 1. The van der Waals surface area contributed by atoms with Crippen LogP contribution in [0.25, 0.3) is 11.1 Å². The summed E-state index contributed by atoms with van der Waals surface area (Å²) in [5, 5.41) is 18.7. The number of nitrogens with zero attached hydrogens (tertiary/aromatic N) is 3. The fourth-order valence-corrected chi connectivity index (χ4v) is 3.32. The number of ether oxygens (including phenoxy) is 1. The van der Waals surface area contributed by atoms with Gasteiger partial charge in [0, 0.05) is 30.6 Å². The number of hydrogen-bond acceptors (Lipinski definition) is 6. The second-order valence-corrected chi connectivity index (χ2v) is 7.16. The Morgan fingerprint density at radius 1 is 1.12 bits per heavy atom. The van der Waals surface area contributed by atoms with Crippen LogP contribution in [0.5, 0.6) is 5.75 Å². The zero-order valence-electron chi connectivity index (χ0n) is 17.6. The predicted octanol–water partition coefficient (Wildman–Crippen LogP) is 4.11. The lowest BCUT2D eigenvalue weighted by atomic mass is 10.0. The summed E-state index contributed by atoms with van der Waals surface area (Å²) in [6.45, 7) is 0.528. The fraction of sp³-hybridized carbons (Fsp3) is 0.125. The first-order valence-electron chi connectivity index (χ1n) is 10.2. The lowest BCUT2D eigenvalue weighted by molar-refractivity contribution is 0.102. The maximum absolute atomic E-state index is 14.9. The molecule has 2 aromatic heterocycles. The normalized spacial score (nSPS) is 15.4. The molecule has 3 aromatic rings. The average Bonchev–Trinajstić information content (AvgIpc) is 2.83. The van der Waals surface area contributed by atoms with Crippen molar-refractivity contribution < 1.29 is 13.9 Å². The average molecular weight is 444 g/mol. The van der Waals surface area contributed by atoms with Crippen LogP contribution in [0.15, 0.2) is 67.0 Å². The predicted molar refractivity (Wildman–Crippen MR) is 123 cm³/mol. The van der Waals surface area contributed by atoms with Crippen molar-refractivity contribution in [1.29, 1.82) is 10.8 Å². The highest BCUT2D eigenvalue weighted by molar-refractivity contribution is 6.07. The SMILES string of the molecule is N=CN1C/C=C\CCOc2cc(F)c(-c3ccncc3)cc2C(=O)Nc2cccc(n2)C1=N. The molecule has 0 unspecified atom stereocenters. The smallest absolute Gasteiger partial charge is 0.260 e. The van der Waals surface area contributed by atoms with E-state index in [0.29, 0.717) is 24.2 Å². The number of amides is 1. The standard InChI is InChI=1S/C24H21FN6O2/c25-19-14-21-18(13-17(19)16-7-9-28-10-8-16)24(32)30-22-6-4-5-20(29-22)23(27)31(15-26)11-2-1-3-12-33-21/h1-2,4-10,13-15,26-27H,3,11-12H2,(H,29,30,32)/b2-1-,26-15?,27-23?. The van der Waals surface area contributed by atoms with Gasteiger partial charge in [0.2, 0.25) is 0 Å². The summed E-state index contributed by atoms with van der Waals surface area (Å²) in [5.74, 6) is -0.670. The fourth-order valence-electron chi connectivity index (χ4n) is 3.32. The minimum Gasteiger partial charge on any atom is -0.492 e. The lowest BCUT2D eigenvalue weighted by Crippen LogP contribution is -2.30. The number of pyridine rings is 2. The Labute approximate surface area is 189 Å². The largest absolute Gasteiger partial charge is 0.492 e. The Kier molecular flexibility index (Phi) is 6.49. The van der Waals surface area contributed by atoms with Crippen molar-refractivity contribution in [2.75, 3.05) is 18.5 Å². The highest BCUT2D eigenvalue weighted by atomic mass is 19.1. The van der Waals surface area contributed by atoms with Crippen molar-refractivity contribution in [2.45, 2.75) is 6.42 Å². The molecule has 33 heavy (non-hydrogen) atoms. The van der Waals surface area contributed by atoms with E-state index < -0.39 is 11.7 Å². The van der Waals surface area contributed by atoms with Crippen molar-refractivity contribution >= 4 is 23.9 Å². The number of rotatable bonds is 2. The topological polar surface area (TPSA) is 115 Å². The molecule has 1 aromatic carbocycles. The number of hydrogen-bond donors (Lipinski definition) is 3. The van der Waals surface area contributed by atoms with Gasteiger partial charge >= 0.3 is 0 Å². The zero-order chi connectivity index (χ0) is 23.2. The van der Waals surface area contributed by atoms with Crippen LogP contribution in [0.1, 0.15) is 22.5 Å². The molecule has 0 radical (unpaired) electrons. The number of anilines is 1. The molecule has 4 rings (SSSR count). The van der Waals surface area contributed by atoms with Gasteiger partial charge in [-0.05, 0) is 42.3 Å². The summed E-state index contributed by atoms with van der Waals surface area (Å²) in [4.78, 5) is 22.9. The van der Waals surface area contributed by atoms with E-state index in [2.05, 4.69) is 15.3 Å². The summed E-state index contributed by atoms with van der Waals surface area (Å²) in [6.07, 6.45) is 8.30. The van der Waals surface area contributed by atoms with Crippen LogP contribution in [0.3, 0.4) is 0 Å². The highest BCUT2D eigenvalue weighted by Gasteiger charge is 2.20. The number of aromatic nitrogens is 2. The van der Waals surface area contributed by atoms with Crippen molar-refractivity contribution in [3.63, 3.8) is 0 Å². The van der Waals surface area contributed by atoms with Crippen molar-refractivity contribution in [1.82, 2.24) is 14.9 Å². The number of benzene rings is 1. The molecule has 1 aliphatic rings. The van der Waals surface area contributed by atoms with Crippen molar-refractivity contribution in [2.24, 2.45) is 0 Å². The van der Waals surface area contributed by atoms with E-state index in [1.165, 1.54) is 17.0 Å². The van der Waals surface area contributed by atoms with E-state index in [1.54, 1.807) is 42.7 Å². The van der Waals surface area contributed by atoms with Gasteiger partial charge in [-0.25, -0.2) is 9.37 Å². The quantitative estimate of drug-likeness (QED) is 0.313. The molecular formula is C24H21FN6O2. The third kappa shape index (κ3) is 4.93. The molecule has 0 saturated carbocycles. The van der Waals surface area contributed by atoms with E-state index in [0.717, 1.165) is 6.34 Å². The number of carbonyl (C=O) groups is 1. The highest BCUT2D eigenvalue weighted by Crippen LogP contribution is 2.30. The van der Waals surface area contributed by atoms with Crippen LogP contribution < -0.4 is 10.1 Å². The molecule has 3 N–H and O–H groups in total. The second-order valence-electron chi connectivity index (χ2n) is 7.16. The summed E-state index contributed by atoms with van der Waals surface area (Å²) >= 11 is 0. The summed E-state index contributed by atoms with van der Waals surface area (Å²) < 4.78 is 20.7. The maximum Gasteiger partial charge on any atom is 0.260 e. The van der Waals surface area contributed by atoms with E-state index in [9.17, 15) is 9.18 Å². The molecule has 2 bridgehead atoms. The number of halogens is 1. The van der Waals surface area contributed by atoms with Crippen molar-refractivity contribution in [3.8, 4) is 16.9 Å². The van der Waals surface area contributed by atoms with Gasteiger partial charge in [-0.2, -0.15) is 0 Å². The number of carbonyl (C=O) groups excluding carboxylic acids is 1. The number of nitrogens with one attached hydrogen (secondary N) is 3. The Hall–Kier alpha value is -4.40. The Bertz CT molecular complexity index is 1230. The molecule has 166 valence electrons. The molecule has 0 fully saturated rings.